The number of nitrogens with one attached hydrogen (secondary N) is 2. The van der Waals surface area contributed by atoms with Crippen LogP contribution in [0.5, 0.6) is 0 Å². The van der Waals surface area contributed by atoms with Crippen molar-refractivity contribution in [1.29, 1.82) is 0 Å². The molecule has 2 amide bonds. The average Bonchev–Trinajstić information content (AvgIpc) is 2.40. The molecule has 6 heteroatoms. The minimum absolute atomic E-state index is 0.155. The molecule has 0 saturated heterocycles. The van der Waals surface area contributed by atoms with Gasteiger partial charge >= 0.3 is 12.0 Å². The molecule has 0 bridgehead atoms. The number of carboxylic acid groups (broad SMARTS) is 1. The first-order valence-electron chi connectivity index (χ1n) is 6.93. The summed E-state index contributed by atoms with van der Waals surface area (Å²) in [6.07, 6.45) is 1.92. The van der Waals surface area contributed by atoms with Crippen LogP contribution < -0.4 is 10.6 Å². The molecular weight excluding hydrogens is 270 g/mol. The molecular formula is C15H23N3O3. The molecule has 0 saturated carbocycles. The van der Waals surface area contributed by atoms with Crippen LogP contribution in [0.4, 0.5) is 10.5 Å². The molecule has 1 rings (SSSR count). The molecule has 0 radical (unpaired) electrons. The van der Waals surface area contributed by atoms with Crippen LogP contribution in [0.3, 0.4) is 0 Å². The van der Waals surface area contributed by atoms with Gasteiger partial charge < -0.3 is 20.6 Å². The highest BCUT2D eigenvalue weighted by Gasteiger charge is 2.08. The number of amides is 2. The van der Waals surface area contributed by atoms with Crippen molar-refractivity contribution in [3.05, 3.63) is 29.3 Å². The molecule has 0 spiro atoms. The molecule has 3 N–H and O–H groups in total. The van der Waals surface area contributed by atoms with Gasteiger partial charge in [-0.1, -0.05) is 6.07 Å². The van der Waals surface area contributed by atoms with Crippen LogP contribution in [0.25, 0.3) is 0 Å². The Morgan fingerprint density at radius 3 is 2.57 bits per heavy atom. The number of hydrogen-bond donors (Lipinski definition) is 3. The Morgan fingerprint density at radius 2 is 1.95 bits per heavy atom. The van der Waals surface area contributed by atoms with Crippen LogP contribution in [-0.2, 0) is 0 Å². The van der Waals surface area contributed by atoms with Gasteiger partial charge in [-0.05, 0) is 58.1 Å². The molecule has 0 fully saturated rings. The zero-order valence-electron chi connectivity index (χ0n) is 12.8. The summed E-state index contributed by atoms with van der Waals surface area (Å²) in [5, 5.41) is 14.4. The Hall–Kier alpha value is -2.08. The van der Waals surface area contributed by atoms with Crippen LogP contribution >= 0.6 is 0 Å². The van der Waals surface area contributed by atoms with Crippen molar-refractivity contribution in [3.63, 3.8) is 0 Å². The number of rotatable bonds is 7. The predicted octanol–water partition coefficient (Wildman–Crippen LogP) is 2.16. The minimum atomic E-state index is -1.01. The minimum Gasteiger partial charge on any atom is -0.478 e. The van der Waals surface area contributed by atoms with Crippen molar-refractivity contribution >= 4 is 17.7 Å². The van der Waals surface area contributed by atoms with Crippen molar-refractivity contribution in [2.24, 2.45) is 0 Å². The van der Waals surface area contributed by atoms with Crippen LogP contribution in [-0.4, -0.2) is 49.2 Å². The Kier molecular flexibility index (Phi) is 6.68. The van der Waals surface area contributed by atoms with Gasteiger partial charge in [0.25, 0.3) is 0 Å². The van der Waals surface area contributed by atoms with Crippen molar-refractivity contribution in [2.45, 2.75) is 19.8 Å². The highest BCUT2D eigenvalue weighted by atomic mass is 16.4. The fourth-order valence-electron chi connectivity index (χ4n) is 1.81. The van der Waals surface area contributed by atoms with Gasteiger partial charge in [0.05, 0.1) is 5.56 Å². The van der Waals surface area contributed by atoms with E-state index in [4.69, 9.17) is 5.11 Å². The van der Waals surface area contributed by atoms with E-state index in [1.807, 2.05) is 21.0 Å². The van der Waals surface area contributed by atoms with Gasteiger partial charge in [-0.15, -0.1) is 0 Å². The van der Waals surface area contributed by atoms with E-state index in [0.29, 0.717) is 12.2 Å². The maximum absolute atomic E-state index is 11.8. The Balaban J connectivity index is 2.44. The zero-order chi connectivity index (χ0) is 15.8. The van der Waals surface area contributed by atoms with E-state index in [0.717, 1.165) is 24.9 Å². The second kappa shape index (κ2) is 8.26. The smallest absolute Gasteiger partial charge is 0.335 e. The summed E-state index contributed by atoms with van der Waals surface area (Å²) < 4.78 is 0. The van der Waals surface area contributed by atoms with Crippen molar-refractivity contribution < 1.29 is 14.7 Å². The van der Waals surface area contributed by atoms with Crippen LogP contribution in [0.1, 0.15) is 28.8 Å². The lowest BCUT2D eigenvalue weighted by Gasteiger charge is -2.11. The van der Waals surface area contributed by atoms with E-state index in [1.165, 1.54) is 12.1 Å². The van der Waals surface area contributed by atoms with E-state index >= 15 is 0 Å². The maximum atomic E-state index is 11.8. The van der Waals surface area contributed by atoms with Crippen LogP contribution in [0, 0.1) is 6.92 Å². The zero-order valence-corrected chi connectivity index (χ0v) is 12.8. The number of aromatic carboxylic acids is 1. The van der Waals surface area contributed by atoms with E-state index < -0.39 is 5.97 Å². The second-order valence-corrected chi connectivity index (χ2v) is 5.23. The third-order valence-corrected chi connectivity index (χ3v) is 3.05. The van der Waals surface area contributed by atoms with E-state index in [-0.39, 0.29) is 11.6 Å². The summed E-state index contributed by atoms with van der Waals surface area (Å²) in [5.74, 6) is -1.01. The highest BCUT2D eigenvalue weighted by Crippen LogP contribution is 2.16. The third kappa shape index (κ3) is 6.27. The summed E-state index contributed by atoms with van der Waals surface area (Å²) in [4.78, 5) is 24.8. The first-order valence-corrected chi connectivity index (χ1v) is 6.93. The van der Waals surface area contributed by atoms with Gasteiger partial charge in [-0.3, -0.25) is 0 Å². The molecule has 116 valence electrons. The standard InChI is InChI=1S/C15H23N3O3/c1-11-6-7-12(14(19)20)10-13(11)17-15(21)16-8-4-5-9-18(2)3/h6-7,10H,4-5,8-9H2,1-3H3,(H,19,20)(H2,16,17,21). The fraction of sp³-hybridized carbons (Fsp3) is 0.467. The molecule has 0 aliphatic heterocycles. The summed E-state index contributed by atoms with van der Waals surface area (Å²) in [6.45, 7) is 3.40. The summed E-state index contributed by atoms with van der Waals surface area (Å²) in [6, 6.07) is 4.34. The monoisotopic (exact) mass is 293 g/mol. The number of nitrogens with zero attached hydrogens (tertiary/aromatic N) is 1. The molecule has 6 nitrogen and oxygen atoms in total. The summed E-state index contributed by atoms with van der Waals surface area (Å²) in [7, 11) is 4.02. The molecule has 0 atom stereocenters. The van der Waals surface area contributed by atoms with Gasteiger partial charge in [0.15, 0.2) is 0 Å². The SMILES string of the molecule is Cc1ccc(C(=O)O)cc1NC(=O)NCCCCN(C)C. The van der Waals surface area contributed by atoms with Crippen molar-refractivity contribution in [2.75, 3.05) is 32.5 Å². The quantitative estimate of drug-likeness (QED) is 0.673. The lowest BCUT2D eigenvalue weighted by atomic mass is 10.1. The maximum Gasteiger partial charge on any atom is 0.335 e. The number of aryl methyl sites for hydroxylation is 1. The van der Waals surface area contributed by atoms with E-state index in [2.05, 4.69) is 15.5 Å². The lowest BCUT2D eigenvalue weighted by molar-refractivity contribution is 0.0697. The number of anilines is 1. The number of carbonyl (C=O) groups is 2. The predicted molar refractivity (Wildman–Crippen MR) is 82.9 cm³/mol. The van der Waals surface area contributed by atoms with Gasteiger partial charge in [0.2, 0.25) is 0 Å². The topological polar surface area (TPSA) is 81.7 Å². The summed E-state index contributed by atoms with van der Waals surface area (Å²) >= 11 is 0. The molecule has 0 aliphatic carbocycles. The van der Waals surface area contributed by atoms with Crippen molar-refractivity contribution in [1.82, 2.24) is 10.2 Å². The summed E-state index contributed by atoms with van der Waals surface area (Å²) in [5.41, 5.74) is 1.49. The third-order valence-electron chi connectivity index (χ3n) is 3.05. The number of benzene rings is 1. The number of carboxylic acids is 1. The molecule has 21 heavy (non-hydrogen) atoms. The highest BCUT2D eigenvalue weighted by molar-refractivity contribution is 5.93. The Labute approximate surface area is 125 Å². The first-order chi connectivity index (χ1) is 9.90. The van der Waals surface area contributed by atoms with Gasteiger partial charge in [0, 0.05) is 12.2 Å². The molecule has 0 unspecified atom stereocenters. The molecule has 0 heterocycles. The van der Waals surface area contributed by atoms with Crippen LogP contribution in [0.2, 0.25) is 0 Å². The molecule has 0 aromatic heterocycles. The molecule has 0 aliphatic rings. The Bertz CT molecular complexity index is 501. The van der Waals surface area contributed by atoms with E-state index in [1.54, 1.807) is 6.07 Å². The molecule has 1 aromatic rings. The number of carbonyl (C=O) groups excluding carboxylic acids is 1. The average molecular weight is 293 g/mol. The number of unbranched alkanes of at least 4 members (excludes halogenated alkanes) is 1. The van der Waals surface area contributed by atoms with Gasteiger partial charge in [-0.2, -0.15) is 0 Å². The van der Waals surface area contributed by atoms with Crippen LogP contribution in [0.15, 0.2) is 18.2 Å². The van der Waals surface area contributed by atoms with Crippen molar-refractivity contribution in [3.8, 4) is 0 Å². The first kappa shape index (κ1) is 17.0. The largest absolute Gasteiger partial charge is 0.478 e. The number of urea groups is 1. The normalized spacial score (nSPS) is 10.5. The second-order valence-electron chi connectivity index (χ2n) is 5.23. The number of hydrogen-bond acceptors (Lipinski definition) is 3. The van der Waals surface area contributed by atoms with Gasteiger partial charge in [-0.25, -0.2) is 9.59 Å². The fourth-order valence-corrected chi connectivity index (χ4v) is 1.81. The Morgan fingerprint density at radius 1 is 1.24 bits per heavy atom. The molecule has 1 aromatic carbocycles. The van der Waals surface area contributed by atoms with E-state index in [9.17, 15) is 9.59 Å². The van der Waals surface area contributed by atoms with Gasteiger partial charge in [0.1, 0.15) is 0 Å². The lowest BCUT2D eigenvalue weighted by Crippen LogP contribution is -2.30.